The Labute approximate surface area is 267 Å². The van der Waals surface area contributed by atoms with Crippen LogP contribution in [-0.4, -0.2) is 15.0 Å². The summed E-state index contributed by atoms with van der Waals surface area (Å²) >= 11 is 0. The molecule has 46 heavy (non-hydrogen) atoms. The highest BCUT2D eigenvalue weighted by atomic mass is 16.3. The van der Waals surface area contributed by atoms with E-state index in [1.165, 1.54) is 0 Å². The summed E-state index contributed by atoms with van der Waals surface area (Å²) < 4.78 is 6.24. The number of furan rings is 1. The number of para-hydroxylation sites is 1. The first kappa shape index (κ1) is 27.4. The topological polar surface area (TPSA) is 51.8 Å². The third kappa shape index (κ3) is 4.96. The van der Waals surface area contributed by atoms with E-state index in [1.807, 2.05) is 79.7 Å². The molecule has 0 aliphatic heterocycles. The highest BCUT2D eigenvalue weighted by molar-refractivity contribution is 6.13. The van der Waals surface area contributed by atoms with Gasteiger partial charge in [-0.15, -0.1) is 0 Å². The molecule has 8 rings (SSSR count). The molecule has 0 saturated carbocycles. The quantitative estimate of drug-likeness (QED) is 0.181. The highest BCUT2D eigenvalue weighted by Gasteiger charge is 2.19. The van der Waals surface area contributed by atoms with E-state index in [0.717, 1.165) is 66.1 Å². The summed E-state index contributed by atoms with van der Waals surface area (Å²) in [5.74, 6) is 1.87. The van der Waals surface area contributed by atoms with Crippen LogP contribution < -0.4 is 0 Å². The van der Waals surface area contributed by atoms with Gasteiger partial charge >= 0.3 is 0 Å². The van der Waals surface area contributed by atoms with E-state index >= 15 is 0 Å². The van der Waals surface area contributed by atoms with Crippen LogP contribution in [0.4, 0.5) is 0 Å². The molecule has 0 saturated heterocycles. The molecular weight excluding hydrogens is 562 g/mol. The first-order chi connectivity index (χ1) is 22.8. The first-order valence-corrected chi connectivity index (χ1v) is 15.4. The van der Waals surface area contributed by atoms with Crippen LogP contribution in [0.3, 0.4) is 0 Å². The second-order valence-electron chi connectivity index (χ2n) is 11.2. The molecule has 0 spiro atoms. The van der Waals surface area contributed by atoms with Gasteiger partial charge in [-0.05, 0) is 52.6 Å². The van der Waals surface area contributed by atoms with Gasteiger partial charge in [0.2, 0.25) is 0 Å². The van der Waals surface area contributed by atoms with Crippen LogP contribution >= 0.6 is 0 Å². The van der Waals surface area contributed by atoms with Gasteiger partial charge in [0.05, 0.1) is 0 Å². The summed E-state index contributed by atoms with van der Waals surface area (Å²) in [5, 5.41) is 4.47. The van der Waals surface area contributed by atoms with E-state index in [9.17, 15) is 0 Å². The number of allylic oxidation sites excluding steroid dienone is 3. The van der Waals surface area contributed by atoms with Gasteiger partial charge in [-0.3, -0.25) is 0 Å². The largest absolute Gasteiger partial charge is 0.456 e. The van der Waals surface area contributed by atoms with Gasteiger partial charge in [0.15, 0.2) is 17.5 Å². The van der Waals surface area contributed by atoms with Crippen molar-refractivity contribution in [2.75, 3.05) is 0 Å². The molecule has 6 aromatic carbocycles. The molecule has 218 valence electrons. The minimum absolute atomic E-state index is 0.616. The standard InChI is InChI=1S/C42H29N3O/c1-2-3-5-14-28-17-12-18-29-25-26-31(27-36(28)29)41-43-40(30-15-6-4-7-16-30)44-42(45-41)34-20-9-8-19-32(34)33-22-13-24-38-39(33)35-21-10-11-23-37(35)46-38/h2-27H,1H3/b3-2-,14-5-. The SMILES string of the molecule is C/C=C\C=C/c1cccc2ccc(-c3nc(-c4ccccc4)nc(-c4ccccc4-c4cccc5oc6ccccc6c45)n3)cc12. The molecule has 0 unspecified atom stereocenters. The molecule has 0 radical (unpaired) electrons. The van der Waals surface area contributed by atoms with Crippen LogP contribution in [0.25, 0.3) is 84.1 Å². The Kier molecular flexibility index (Phi) is 7.01. The Morgan fingerprint density at radius 2 is 1.20 bits per heavy atom. The smallest absolute Gasteiger partial charge is 0.164 e. The second kappa shape index (κ2) is 11.8. The summed E-state index contributed by atoms with van der Waals surface area (Å²) in [6.45, 7) is 2.02. The molecule has 8 aromatic rings. The van der Waals surface area contributed by atoms with Gasteiger partial charge in [-0.2, -0.15) is 0 Å². The minimum atomic E-state index is 0.616. The molecule has 4 nitrogen and oxygen atoms in total. The van der Waals surface area contributed by atoms with E-state index in [0.29, 0.717) is 17.5 Å². The highest BCUT2D eigenvalue weighted by Crippen LogP contribution is 2.40. The molecule has 4 heteroatoms. The predicted molar refractivity (Wildman–Crippen MR) is 190 cm³/mol. The van der Waals surface area contributed by atoms with Gasteiger partial charge < -0.3 is 4.42 Å². The first-order valence-electron chi connectivity index (χ1n) is 15.4. The average Bonchev–Trinajstić information content (AvgIpc) is 3.51. The Morgan fingerprint density at radius 3 is 2.07 bits per heavy atom. The van der Waals surface area contributed by atoms with Crippen LogP contribution in [0.5, 0.6) is 0 Å². The van der Waals surface area contributed by atoms with Crippen molar-refractivity contribution in [1.82, 2.24) is 15.0 Å². The van der Waals surface area contributed by atoms with Crippen molar-refractivity contribution in [3.8, 4) is 45.3 Å². The average molecular weight is 592 g/mol. The van der Waals surface area contributed by atoms with Gasteiger partial charge in [0.25, 0.3) is 0 Å². The second-order valence-corrected chi connectivity index (χ2v) is 11.2. The normalized spacial score (nSPS) is 11.8. The fraction of sp³-hybridized carbons (Fsp3) is 0.0238. The lowest BCUT2D eigenvalue weighted by Gasteiger charge is -2.13. The number of hydrogen-bond donors (Lipinski definition) is 0. The van der Waals surface area contributed by atoms with Crippen LogP contribution in [0.1, 0.15) is 12.5 Å². The zero-order valence-electron chi connectivity index (χ0n) is 25.3. The molecule has 0 bridgehead atoms. The third-order valence-corrected chi connectivity index (χ3v) is 8.28. The lowest BCUT2D eigenvalue weighted by atomic mass is 9.95. The molecule has 0 aliphatic rings. The number of hydrogen-bond acceptors (Lipinski definition) is 4. The minimum Gasteiger partial charge on any atom is -0.456 e. The molecule has 0 fully saturated rings. The van der Waals surface area contributed by atoms with Gasteiger partial charge in [-0.25, -0.2) is 15.0 Å². The van der Waals surface area contributed by atoms with E-state index < -0.39 is 0 Å². The fourth-order valence-electron chi connectivity index (χ4n) is 6.11. The van der Waals surface area contributed by atoms with Crippen molar-refractivity contribution >= 4 is 38.8 Å². The molecule has 0 atom stereocenters. The summed E-state index contributed by atoms with van der Waals surface area (Å²) in [6, 6.07) is 45.6. The van der Waals surface area contributed by atoms with E-state index in [4.69, 9.17) is 19.4 Å². The molecule has 2 heterocycles. The zero-order chi connectivity index (χ0) is 30.9. The Hall–Kier alpha value is -6.13. The maximum absolute atomic E-state index is 6.24. The number of aromatic nitrogens is 3. The van der Waals surface area contributed by atoms with Crippen LogP contribution in [0.15, 0.2) is 156 Å². The van der Waals surface area contributed by atoms with Crippen molar-refractivity contribution < 1.29 is 4.42 Å². The van der Waals surface area contributed by atoms with Crippen LogP contribution in [0.2, 0.25) is 0 Å². The monoisotopic (exact) mass is 591 g/mol. The third-order valence-electron chi connectivity index (χ3n) is 8.28. The van der Waals surface area contributed by atoms with Crippen molar-refractivity contribution in [3.05, 3.63) is 157 Å². The van der Waals surface area contributed by atoms with Crippen molar-refractivity contribution in [2.24, 2.45) is 0 Å². The Bertz CT molecular complexity index is 2440. The van der Waals surface area contributed by atoms with Gasteiger partial charge in [-0.1, -0.05) is 140 Å². The van der Waals surface area contributed by atoms with Gasteiger partial charge in [0.1, 0.15) is 11.2 Å². The lowest BCUT2D eigenvalue weighted by Crippen LogP contribution is -2.01. The van der Waals surface area contributed by atoms with E-state index in [2.05, 4.69) is 84.9 Å². The number of rotatable bonds is 6. The maximum atomic E-state index is 6.24. The zero-order valence-corrected chi connectivity index (χ0v) is 25.3. The number of fused-ring (bicyclic) bond motifs is 4. The van der Waals surface area contributed by atoms with Crippen molar-refractivity contribution in [2.45, 2.75) is 6.92 Å². The predicted octanol–water partition coefficient (Wildman–Crippen LogP) is 11.2. The van der Waals surface area contributed by atoms with E-state index in [-0.39, 0.29) is 0 Å². The summed E-state index contributed by atoms with van der Waals surface area (Å²) in [4.78, 5) is 15.3. The van der Waals surface area contributed by atoms with E-state index in [1.54, 1.807) is 0 Å². The summed E-state index contributed by atoms with van der Waals surface area (Å²) in [6.07, 6.45) is 8.27. The van der Waals surface area contributed by atoms with Crippen molar-refractivity contribution in [1.29, 1.82) is 0 Å². The molecule has 0 N–H and O–H groups in total. The maximum Gasteiger partial charge on any atom is 0.164 e. The number of benzene rings is 6. The van der Waals surface area contributed by atoms with Gasteiger partial charge in [0, 0.05) is 27.5 Å². The van der Waals surface area contributed by atoms with Crippen molar-refractivity contribution in [3.63, 3.8) is 0 Å². The summed E-state index contributed by atoms with van der Waals surface area (Å²) in [5.41, 5.74) is 7.76. The molecule has 0 aliphatic carbocycles. The molecule has 0 amide bonds. The summed E-state index contributed by atoms with van der Waals surface area (Å²) in [7, 11) is 0. The molecule has 2 aromatic heterocycles. The number of nitrogens with zero attached hydrogens (tertiary/aromatic N) is 3. The fourth-order valence-corrected chi connectivity index (χ4v) is 6.11. The molecular formula is C42H29N3O. The van der Waals surface area contributed by atoms with Crippen LogP contribution in [-0.2, 0) is 0 Å². The van der Waals surface area contributed by atoms with Crippen LogP contribution in [0, 0.1) is 0 Å². The Balaban J connectivity index is 1.35. The Morgan fingerprint density at radius 1 is 0.500 bits per heavy atom. The lowest BCUT2D eigenvalue weighted by molar-refractivity contribution is 0.669.